The summed E-state index contributed by atoms with van der Waals surface area (Å²) in [4.78, 5) is 2.62. The number of rotatable bonds is 2. The van der Waals surface area contributed by atoms with Crippen LogP contribution >= 0.6 is 15.9 Å². The van der Waals surface area contributed by atoms with Gasteiger partial charge < -0.3 is 4.90 Å². The lowest BCUT2D eigenvalue weighted by Gasteiger charge is -2.44. The maximum atomic E-state index is 3.53. The van der Waals surface area contributed by atoms with Crippen LogP contribution in [0.5, 0.6) is 0 Å². The van der Waals surface area contributed by atoms with Crippen LogP contribution in [0.4, 0.5) is 0 Å². The smallest absolute Gasteiger partial charge is 0.0159 e. The van der Waals surface area contributed by atoms with Crippen molar-refractivity contribution in [2.75, 3.05) is 25.0 Å². The Morgan fingerprint density at radius 3 is 2.14 bits per heavy atom. The molecule has 1 spiro atoms. The van der Waals surface area contributed by atoms with Crippen molar-refractivity contribution in [1.82, 2.24) is 4.90 Å². The SMILES string of the molecule is BrCCN1CCC2(CCCCC2)CC1. The third-order valence-corrected chi connectivity index (χ3v) is 4.59. The van der Waals surface area contributed by atoms with E-state index >= 15 is 0 Å². The summed E-state index contributed by atoms with van der Waals surface area (Å²) in [6, 6.07) is 0. The molecule has 1 aliphatic heterocycles. The Morgan fingerprint density at radius 1 is 0.929 bits per heavy atom. The molecule has 0 aromatic carbocycles. The molecule has 2 aliphatic rings. The molecule has 0 aromatic rings. The molecule has 0 radical (unpaired) electrons. The van der Waals surface area contributed by atoms with Crippen molar-refractivity contribution in [3.05, 3.63) is 0 Å². The molecule has 1 aliphatic carbocycles. The zero-order valence-corrected chi connectivity index (χ0v) is 10.7. The highest BCUT2D eigenvalue weighted by Gasteiger charge is 2.34. The van der Waals surface area contributed by atoms with Gasteiger partial charge in [0, 0.05) is 11.9 Å². The van der Waals surface area contributed by atoms with Crippen LogP contribution in [0.15, 0.2) is 0 Å². The molecule has 0 N–H and O–H groups in total. The Kier molecular flexibility index (Phi) is 3.89. The maximum Gasteiger partial charge on any atom is 0.0159 e. The molecule has 0 bridgehead atoms. The maximum absolute atomic E-state index is 3.53. The Morgan fingerprint density at radius 2 is 1.57 bits per heavy atom. The Hall–Kier alpha value is 0.440. The molecule has 1 nitrogen and oxygen atoms in total. The standard InChI is InChI=1S/C12H22BrN/c13-8-11-14-9-6-12(7-10-14)4-2-1-3-5-12/h1-11H2. The van der Waals surface area contributed by atoms with E-state index in [9.17, 15) is 0 Å². The average molecular weight is 260 g/mol. The number of likely N-dealkylation sites (tertiary alicyclic amines) is 1. The highest BCUT2D eigenvalue weighted by molar-refractivity contribution is 9.09. The van der Waals surface area contributed by atoms with Crippen LogP contribution in [0.1, 0.15) is 44.9 Å². The molecule has 1 saturated heterocycles. The molecule has 14 heavy (non-hydrogen) atoms. The lowest BCUT2D eigenvalue weighted by atomic mass is 9.68. The molecule has 0 amide bonds. The Labute approximate surface area is 96.4 Å². The van der Waals surface area contributed by atoms with Crippen LogP contribution in [-0.2, 0) is 0 Å². The highest BCUT2D eigenvalue weighted by atomic mass is 79.9. The van der Waals surface area contributed by atoms with E-state index in [1.807, 2.05) is 0 Å². The molecule has 0 unspecified atom stereocenters. The number of hydrogen-bond donors (Lipinski definition) is 0. The van der Waals surface area contributed by atoms with Crippen LogP contribution in [-0.4, -0.2) is 29.9 Å². The number of alkyl halides is 1. The van der Waals surface area contributed by atoms with Gasteiger partial charge in [0.05, 0.1) is 0 Å². The topological polar surface area (TPSA) is 3.24 Å². The fourth-order valence-corrected chi connectivity index (χ4v) is 3.67. The van der Waals surface area contributed by atoms with Gasteiger partial charge in [0.2, 0.25) is 0 Å². The van der Waals surface area contributed by atoms with E-state index in [-0.39, 0.29) is 0 Å². The summed E-state index contributed by atoms with van der Waals surface area (Å²) >= 11 is 3.53. The van der Waals surface area contributed by atoms with Crippen LogP contribution in [0, 0.1) is 5.41 Å². The summed E-state index contributed by atoms with van der Waals surface area (Å²) in [5, 5.41) is 1.14. The van der Waals surface area contributed by atoms with E-state index in [1.54, 1.807) is 0 Å². The second kappa shape index (κ2) is 4.98. The first kappa shape index (κ1) is 10.9. The molecule has 0 aromatic heterocycles. The number of hydrogen-bond acceptors (Lipinski definition) is 1. The largest absolute Gasteiger partial charge is 0.302 e. The van der Waals surface area contributed by atoms with Crippen molar-refractivity contribution in [2.45, 2.75) is 44.9 Å². The fraction of sp³-hybridized carbons (Fsp3) is 1.00. The molecule has 82 valence electrons. The molecule has 0 atom stereocenters. The second-order valence-corrected chi connectivity index (χ2v) is 5.88. The lowest BCUT2D eigenvalue weighted by molar-refractivity contribution is 0.0713. The van der Waals surface area contributed by atoms with E-state index in [4.69, 9.17) is 0 Å². The monoisotopic (exact) mass is 259 g/mol. The fourth-order valence-electron chi connectivity index (χ4n) is 3.17. The van der Waals surface area contributed by atoms with Crippen molar-refractivity contribution in [1.29, 1.82) is 0 Å². The Bertz CT molecular complexity index is 165. The molecular weight excluding hydrogens is 238 g/mol. The van der Waals surface area contributed by atoms with E-state index < -0.39 is 0 Å². The van der Waals surface area contributed by atoms with Crippen molar-refractivity contribution in [2.24, 2.45) is 5.41 Å². The van der Waals surface area contributed by atoms with Gasteiger partial charge in [-0.05, 0) is 44.2 Å². The molecular formula is C12H22BrN. The molecule has 2 heteroatoms. The first-order valence-electron chi connectivity index (χ1n) is 6.13. The van der Waals surface area contributed by atoms with Crippen LogP contribution in [0.2, 0.25) is 0 Å². The minimum atomic E-state index is 0.779. The molecule has 1 heterocycles. The number of halogens is 1. The zero-order chi connectivity index (χ0) is 9.86. The summed E-state index contributed by atoms with van der Waals surface area (Å²) in [6.45, 7) is 3.95. The van der Waals surface area contributed by atoms with E-state index in [0.717, 1.165) is 10.7 Å². The second-order valence-electron chi connectivity index (χ2n) is 5.09. The van der Waals surface area contributed by atoms with Crippen LogP contribution in [0.3, 0.4) is 0 Å². The predicted octanol–water partition coefficient (Wildman–Crippen LogP) is 3.43. The summed E-state index contributed by atoms with van der Waals surface area (Å²) in [6.07, 6.45) is 10.5. The van der Waals surface area contributed by atoms with Gasteiger partial charge in [-0.2, -0.15) is 0 Å². The molecule has 2 fully saturated rings. The highest BCUT2D eigenvalue weighted by Crippen LogP contribution is 2.44. The van der Waals surface area contributed by atoms with Crippen molar-refractivity contribution in [3.8, 4) is 0 Å². The summed E-state index contributed by atoms with van der Waals surface area (Å²) in [5.74, 6) is 0. The van der Waals surface area contributed by atoms with Crippen LogP contribution < -0.4 is 0 Å². The Balaban J connectivity index is 1.81. The number of nitrogens with zero attached hydrogens (tertiary/aromatic N) is 1. The van der Waals surface area contributed by atoms with E-state index in [1.165, 1.54) is 64.6 Å². The quantitative estimate of drug-likeness (QED) is 0.687. The van der Waals surface area contributed by atoms with Gasteiger partial charge in [-0.3, -0.25) is 0 Å². The first-order valence-corrected chi connectivity index (χ1v) is 7.25. The lowest BCUT2D eigenvalue weighted by Crippen LogP contribution is -2.41. The normalized spacial score (nSPS) is 28.1. The van der Waals surface area contributed by atoms with Gasteiger partial charge in [-0.1, -0.05) is 35.2 Å². The first-order chi connectivity index (χ1) is 6.85. The molecule has 1 saturated carbocycles. The van der Waals surface area contributed by atoms with E-state index in [2.05, 4.69) is 20.8 Å². The average Bonchev–Trinajstić information content (AvgIpc) is 2.24. The van der Waals surface area contributed by atoms with Gasteiger partial charge in [0.25, 0.3) is 0 Å². The third-order valence-electron chi connectivity index (χ3n) is 4.23. The van der Waals surface area contributed by atoms with Gasteiger partial charge in [-0.15, -0.1) is 0 Å². The van der Waals surface area contributed by atoms with Gasteiger partial charge >= 0.3 is 0 Å². The number of piperidine rings is 1. The van der Waals surface area contributed by atoms with Gasteiger partial charge in [-0.25, -0.2) is 0 Å². The van der Waals surface area contributed by atoms with Gasteiger partial charge in [0.15, 0.2) is 0 Å². The predicted molar refractivity (Wildman–Crippen MR) is 65.0 cm³/mol. The summed E-state index contributed by atoms with van der Waals surface area (Å²) in [7, 11) is 0. The summed E-state index contributed by atoms with van der Waals surface area (Å²) < 4.78 is 0. The summed E-state index contributed by atoms with van der Waals surface area (Å²) in [5.41, 5.74) is 0.779. The van der Waals surface area contributed by atoms with Crippen molar-refractivity contribution < 1.29 is 0 Å². The van der Waals surface area contributed by atoms with Gasteiger partial charge in [0.1, 0.15) is 0 Å². The third kappa shape index (κ3) is 2.52. The zero-order valence-electron chi connectivity index (χ0n) is 9.10. The van der Waals surface area contributed by atoms with Crippen molar-refractivity contribution >= 4 is 15.9 Å². The van der Waals surface area contributed by atoms with Crippen molar-refractivity contribution in [3.63, 3.8) is 0 Å². The minimum Gasteiger partial charge on any atom is -0.302 e. The van der Waals surface area contributed by atoms with Crippen LogP contribution in [0.25, 0.3) is 0 Å². The molecule has 2 rings (SSSR count). The van der Waals surface area contributed by atoms with E-state index in [0.29, 0.717) is 0 Å². The minimum absolute atomic E-state index is 0.779.